The van der Waals surface area contributed by atoms with Crippen LogP contribution in [0.5, 0.6) is 0 Å². The second kappa shape index (κ2) is 9.74. The minimum atomic E-state index is -1.84. The van der Waals surface area contributed by atoms with E-state index in [0.717, 1.165) is 39.6 Å². The molecule has 192 valence electrons. The molecule has 0 fully saturated rings. The molecule has 0 saturated carbocycles. The molecule has 0 atom stereocenters. The fourth-order valence-corrected chi connectivity index (χ4v) is 8.81. The highest BCUT2D eigenvalue weighted by molar-refractivity contribution is 7.02. The van der Waals surface area contributed by atoms with Crippen LogP contribution in [0.25, 0.3) is 33.9 Å². The SMILES string of the molecule is C[Si]1(C)c2ccccc2N(c2cccc(-c3cc(-c4ccccc4)nc(-c4ccccc4)n3)c2)c2ccccc21. The molecule has 0 amide bonds. The zero-order chi connectivity index (χ0) is 27.1. The zero-order valence-corrected chi connectivity index (χ0v) is 23.6. The Hall–Kier alpha value is -4.80. The van der Waals surface area contributed by atoms with E-state index in [1.807, 2.05) is 24.3 Å². The summed E-state index contributed by atoms with van der Waals surface area (Å²) in [5, 5.41) is 2.91. The molecule has 0 bridgehead atoms. The van der Waals surface area contributed by atoms with Crippen LogP contribution in [-0.4, -0.2) is 18.0 Å². The van der Waals surface area contributed by atoms with Crippen LogP contribution < -0.4 is 15.3 Å². The molecule has 1 aliphatic heterocycles. The van der Waals surface area contributed by atoms with E-state index in [0.29, 0.717) is 0 Å². The lowest BCUT2D eigenvalue weighted by atomic mass is 10.1. The fraction of sp³-hybridized carbons (Fsp3) is 0.0556. The molecule has 0 radical (unpaired) electrons. The number of anilines is 3. The molecule has 3 nitrogen and oxygen atoms in total. The third kappa shape index (κ3) is 4.14. The van der Waals surface area contributed by atoms with Crippen molar-refractivity contribution in [1.29, 1.82) is 0 Å². The number of aromatic nitrogens is 2. The molecule has 40 heavy (non-hydrogen) atoms. The van der Waals surface area contributed by atoms with Gasteiger partial charge in [-0.3, -0.25) is 0 Å². The highest BCUT2D eigenvalue weighted by Crippen LogP contribution is 2.39. The molecule has 4 heteroatoms. The molecule has 1 aromatic heterocycles. The minimum absolute atomic E-state index is 0.726. The second-order valence-corrected chi connectivity index (χ2v) is 15.1. The van der Waals surface area contributed by atoms with Crippen molar-refractivity contribution in [3.05, 3.63) is 140 Å². The average Bonchev–Trinajstić information content (AvgIpc) is 3.02. The summed E-state index contributed by atoms with van der Waals surface area (Å²) in [5.74, 6) is 0.726. The molecule has 0 aliphatic carbocycles. The van der Waals surface area contributed by atoms with Crippen molar-refractivity contribution in [1.82, 2.24) is 9.97 Å². The first-order valence-electron chi connectivity index (χ1n) is 13.7. The summed E-state index contributed by atoms with van der Waals surface area (Å²) in [7, 11) is -1.84. The lowest BCUT2D eigenvalue weighted by Crippen LogP contribution is -2.58. The third-order valence-electron chi connectivity index (χ3n) is 7.86. The number of nitrogens with zero attached hydrogens (tertiary/aromatic N) is 3. The Balaban J connectivity index is 1.40. The van der Waals surface area contributed by atoms with E-state index in [-0.39, 0.29) is 0 Å². The topological polar surface area (TPSA) is 29.0 Å². The van der Waals surface area contributed by atoms with Crippen molar-refractivity contribution in [2.75, 3.05) is 4.90 Å². The predicted molar refractivity (Wildman–Crippen MR) is 170 cm³/mol. The van der Waals surface area contributed by atoms with Gasteiger partial charge in [0.25, 0.3) is 0 Å². The number of fused-ring (bicyclic) bond motifs is 2. The van der Waals surface area contributed by atoms with Crippen molar-refractivity contribution in [3.63, 3.8) is 0 Å². The van der Waals surface area contributed by atoms with Crippen LogP contribution in [0.3, 0.4) is 0 Å². The normalized spacial score (nSPS) is 13.4. The quantitative estimate of drug-likeness (QED) is 0.215. The number of para-hydroxylation sites is 2. The molecule has 0 saturated heterocycles. The first kappa shape index (κ1) is 24.3. The molecule has 0 N–H and O–H groups in total. The van der Waals surface area contributed by atoms with Crippen LogP contribution in [0, 0.1) is 0 Å². The molecule has 5 aromatic carbocycles. The Morgan fingerprint density at radius 3 is 1.60 bits per heavy atom. The van der Waals surface area contributed by atoms with Gasteiger partial charge in [-0.2, -0.15) is 0 Å². The van der Waals surface area contributed by atoms with Crippen molar-refractivity contribution < 1.29 is 0 Å². The molecule has 2 heterocycles. The van der Waals surface area contributed by atoms with Gasteiger partial charge in [0.05, 0.1) is 11.4 Å². The summed E-state index contributed by atoms with van der Waals surface area (Å²) in [6.45, 7) is 4.91. The van der Waals surface area contributed by atoms with Gasteiger partial charge in [-0.05, 0) is 40.7 Å². The van der Waals surface area contributed by atoms with Gasteiger partial charge < -0.3 is 4.90 Å². The Bertz CT molecular complexity index is 1720. The largest absolute Gasteiger partial charge is 0.311 e. The Kier molecular flexibility index (Phi) is 5.91. The molecule has 0 unspecified atom stereocenters. The van der Waals surface area contributed by atoms with E-state index in [9.17, 15) is 0 Å². The first-order valence-corrected chi connectivity index (χ1v) is 16.7. The van der Waals surface area contributed by atoms with Crippen molar-refractivity contribution in [3.8, 4) is 33.9 Å². The van der Waals surface area contributed by atoms with Crippen molar-refractivity contribution >= 4 is 35.5 Å². The summed E-state index contributed by atoms with van der Waals surface area (Å²) >= 11 is 0. The lowest BCUT2D eigenvalue weighted by molar-refractivity contribution is 1.18. The Labute approximate surface area is 236 Å². The van der Waals surface area contributed by atoms with E-state index in [4.69, 9.17) is 9.97 Å². The van der Waals surface area contributed by atoms with Gasteiger partial charge in [0.2, 0.25) is 0 Å². The van der Waals surface area contributed by atoms with E-state index in [1.54, 1.807) is 0 Å². The fourth-order valence-electron chi connectivity index (χ4n) is 5.82. The average molecular weight is 532 g/mol. The van der Waals surface area contributed by atoms with E-state index >= 15 is 0 Å². The summed E-state index contributed by atoms with van der Waals surface area (Å²) in [6.07, 6.45) is 0. The predicted octanol–water partition coefficient (Wildman–Crippen LogP) is 8.08. The lowest BCUT2D eigenvalue weighted by Gasteiger charge is -2.41. The van der Waals surface area contributed by atoms with Gasteiger partial charge in [0, 0.05) is 33.8 Å². The van der Waals surface area contributed by atoms with E-state index in [1.165, 1.54) is 21.7 Å². The zero-order valence-electron chi connectivity index (χ0n) is 22.6. The van der Waals surface area contributed by atoms with Crippen LogP contribution in [0.4, 0.5) is 17.1 Å². The van der Waals surface area contributed by atoms with Gasteiger partial charge in [-0.25, -0.2) is 9.97 Å². The standard InChI is InChI=1S/C36H29N3Si/c1-40(2)34-22-11-9-20-32(34)39(33-21-10-12-23-35(33)40)29-19-13-18-28(24-29)31-25-30(26-14-5-3-6-15-26)37-36(38-31)27-16-7-4-8-17-27/h3-25H,1-2H3. The smallest absolute Gasteiger partial charge is 0.160 e. The molecular weight excluding hydrogens is 503 g/mol. The van der Waals surface area contributed by atoms with Gasteiger partial charge in [-0.1, -0.05) is 122 Å². The number of benzene rings is 5. The third-order valence-corrected chi connectivity index (χ3v) is 11.4. The van der Waals surface area contributed by atoms with E-state index in [2.05, 4.69) is 133 Å². The monoisotopic (exact) mass is 531 g/mol. The van der Waals surface area contributed by atoms with Gasteiger partial charge >= 0.3 is 0 Å². The molecule has 7 rings (SSSR count). The van der Waals surface area contributed by atoms with Crippen LogP contribution in [0.2, 0.25) is 13.1 Å². The van der Waals surface area contributed by atoms with Gasteiger partial charge in [0.1, 0.15) is 8.07 Å². The minimum Gasteiger partial charge on any atom is -0.311 e. The molecule has 6 aromatic rings. The summed E-state index contributed by atoms with van der Waals surface area (Å²) < 4.78 is 0. The summed E-state index contributed by atoms with van der Waals surface area (Å²) in [6, 6.07) is 49.2. The maximum Gasteiger partial charge on any atom is 0.160 e. The Morgan fingerprint density at radius 2 is 0.975 bits per heavy atom. The van der Waals surface area contributed by atoms with Crippen molar-refractivity contribution in [2.24, 2.45) is 0 Å². The van der Waals surface area contributed by atoms with Crippen LogP contribution in [0.1, 0.15) is 0 Å². The van der Waals surface area contributed by atoms with Gasteiger partial charge in [-0.15, -0.1) is 0 Å². The number of hydrogen-bond acceptors (Lipinski definition) is 3. The van der Waals surface area contributed by atoms with Gasteiger partial charge in [0.15, 0.2) is 5.82 Å². The van der Waals surface area contributed by atoms with Crippen LogP contribution in [0.15, 0.2) is 140 Å². The Morgan fingerprint density at radius 1 is 0.475 bits per heavy atom. The van der Waals surface area contributed by atoms with Crippen molar-refractivity contribution in [2.45, 2.75) is 13.1 Å². The second-order valence-electron chi connectivity index (χ2n) is 10.7. The molecule has 0 spiro atoms. The highest BCUT2D eigenvalue weighted by Gasteiger charge is 2.38. The number of rotatable bonds is 4. The maximum atomic E-state index is 5.07. The summed E-state index contributed by atoms with van der Waals surface area (Å²) in [5.41, 5.74) is 8.63. The van der Waals surface area contributed by atoms with E-state index < -0.39 is 8.07 Å². The first-order chi connectivity index (χ1) is 19.6. The molecule has 1 aliphatic rings. The highest BCUT2D eigenvalue weighted by atomic mass is 28.3. The molecular formula is C36H29N3Si. The summed E-state index contributed by atoms with van der Waals surface area (Å²) in [4.78, 5) is 12.5. The number of hydrogen-bond donors (Lipinski definition) is 0. The van der Waals surface area contributed by atoms with Crippen LogP contribution in [-0.2, 0) is 0 Å². The van der Waals surface area contributed by atoms with Crippen LogP contribution >= 0.6 is 0 Å². The maximum absolute atomic E-state index is 5.07.